The van der Waals surface area contributed by atoms with Gasteiger partial charge < -0.3 is 4.90 Å². The molecule has 2 heterocycles. The maximum absolute atomic E-state index is 13.2. The standard InChI is InChI=1S/C22H20ClN3O2S/c1-3-4-13-26-17-8-6-5-7-16(17)18(20(26)27)19-21(28)25(2)22(29-19)24-15-11-9-14(23)10-12-15/h5-12H,3-4,13H2,1-2H3/b19-18+,24-22?. The summed E-state index contributed by atoms with van der Waals surface area (Å²) in [6, 6.07) is 14.8. The molecule has 2 aromatic rings. The van der Waals surface area contributed by atoms with Gasteiger partial charge in [-0.2, -0.15) is 0 Å². The zero-order valence-corrected chi connectivity index (χ0v) is 17.8. The number of halogens is 1. The lowest BCUT2D eigenvalue weighted by Gasteiger charge is -2.16. The minimum atomic E-state index is -0.210. The first-order chi connectivity index (χ1) is 14.0. The first kappa shape index (κ1) is 19.7. The zero-order valence-electron chi connectivity index (χ0n) is 16.2. The van der Waals surface area contributed by atoms with E-state index in [1.165, 1.54) is 16.7 Å². The van der Waals surface area contributed by atoms with E-state index < -0.39 is 0 Å². The molecular weight excluding hydrogens is 406 g/mol. The molecule has 0 unspecified atom stereocenters. The molecule has 0 atom stereocenters. The van der Waals surface area contributed by atoms with E-state index in [4.69, 9.17) is 11.6 Å². The van der Waals surface area contributed by atoms with Crippen LogP contribution in [0.15, 0.2) is 58.4 Å². The van der Waals surface area contributed by atoms with Crippen molar-refractivity contribution in [1.29, 1.82) is 0 Å². The van der Waals surface area contributed by atoms with Crippen LogP contribution in [0.25, 0.3) is 5.57 Å². The van der Waals surface area contributed by atoms with Crippen LogP contribution < -0.4 is 4.90 Å². The van der Waals surface area contributed by atoms with Gasteiger partial charge in [0.15, 0.2) is 5.17 Å². The van der Waals surface area contributed by atoms with Crippen LogP contribution in [-0.2, 0) is 9.59 Å². The van der Waals surface area contributed by atoms with Crippen molar-refractivity contribution < 1.29 is 9.59 Å². The molecule has 2 aromatic carbocycles. The summed E-state index contributed by atoms with van der Waals surface area (Å²) in [5.41, 5.74) is 2.85. The molecule has 0 N–H and O–H groups in total. The molecule has 0 spiro atoms. The molecule has 1 fully saturated rings. The number of likely N-dealkylation sites (N-methyl/N-ethyl adjacent to an activating group) is 1. The molecule has 148 valence electrons. The van der Waals surface area contributed by atoms with Crippen molar-refractivity contribution in [3.8, 4) is 0 Å². The van der Waals surface area contributed by atoms with Crippen molar-refractivity contribution in [1.82, 2.24) is 4.90 Å². The molecule has 29 heavy (non-hydrogen) atoms. The summed E-state index contributed by atoms with van der Waals surface area (Å²) >= 11 is 7.18. The van der Waals surface area contributed by atoms with Gasteiger partial charge in [0.2, 0.25) is 0 Å². The molecule has 2 aliphatic heterocycles. The van der Waals surface area contributed by atoms with Crippen LogP contribution in [0, 0.1) is 0 Å². The van der Waals surface area contributed by atoms with Crippen molar-refractivity contribution in [2.75, 3.05) is 18.5 Å². The van der Waals surface area contributed by atoms with E-state index in [9.17, 15) is 9.59 Å². The Balaban J connectivity index is 1.75. The fourth-order valence-electron chi connectivity index (χ4n) is 3.36. The Bertz CT molecular complexity index is 1050. The molecule has 1 saturated heterocycles. The third-order valence-electron chi connectivity index (χ3n) is 4.92. The minimum absolute atomic E-state index is 0.114. The number of nitrogens with zero attached hydrogens (tertiary/aromatic N) is 3. The Kier molecular flexibility index (Phi) is 5.48. The second-order valence-electron chi connectivity index (χ2n) is 6.87. The summed E-state index contributed by atoms with van der Waals surface area (Å²) in [7, 11) is 1.68. The van der Waals surface area contributed by atoms with Gasteiger partial charge in [-0.15, -0.1) is 0 Å². The summed E-state index contributed by atoms with van der Waals surface area (Å²) in [6.45, 7) is 2.74. The maximum Gasteiger partial charge on any atom is 0.267 e. The number of hydrogen-bond donors (Lipinski definition) is 0. The van der Waals surface area contributed by atoms with Crippen LogP contribution in [0.2, 0.25) is 5.02 Å². The highest BCUT2D eigenvalue weighted by molar-refractivity contribution is 8.18. The molecule has 4 rings (SSSR count). The Hall–Kier alpha value is -2.57. The van der Waals surface area contributed by atoms with Crippen molar-refractivity contribution in [3.05, 3.63) is 64.0 Å². The first-order valence-electron chi connectivity index (χ1n) is 9.47. The molecule has 0 bridgehead atoms. The van der Waals surface area contributed by atoms with Gasteiger partial charge in [0.05, 0.1) is 21.9 Å². The van der Waals surface area contributed by atoms with Gasteiger partial charge >= 0.3 is 0 Å². The van der Waals surface area contributed by atoms with Crippen molar-refractivity contribution >= 4 is 57.3 Å². The molecule has 0 aromatic heterocycles. The summed E-state index contributed by atoms with van der Waals surface area (Å²) in [6.07, 6.45) is 1.90. The predicted molar refractivity (Wildman–Crippen MR) is 120 cm³/mol. The Labute approximate surface area is 179 Å². The number of unbranched alkanes of at least 4 members (excludes halogenated alkanes) is 1. The van der Waals surface area contributed by atoms with Gasteiger partial charge in [-0.1, -0.05) is 43.1 Å². The van der Waals surface area contributed by atoms with E-state index in [0.717, 1.165) is 24.1 Å². The van der Waals surface area contributed by atoms with Gasteiger partial charge in [0, 0.05) is 24.2 Å². The topological polar surface area (TPSA) is 53.0 Å². The Morgan fingerprint density at radius 3 is 2.48 bits per heavy atom. The number of rotatable bonds is 4. The second kappa shape index (κ2) is 8.05. The second-order valence-corrected chi connectivity index (χ2v) is 8.28. The van der Waals surface area contributed by atoms with Gasteiger partial charge in [-0.25, -0.2) is 4.99 Å². The molecular formula is C22H20ClN3O2S. The van der Waals surface area contributed by atoms with Crippen molar-refractivity contribution in [3.63, 3.8) is 0 Å². The van der Waals surface area contributed by atoms with Gasteiger partial charge in [0.1, 0.15) is 0 Å². The number of amides is 2. The number of benzene rings is 2. The predicted octanol–water partition coefficient (Wildman–Crippen LogP) is 5.09. The average Bonchev–Trinajstić information content (AvgIpc) is 3.15. The fraction of sp³-hybridized carbons (Fsp3) is 0.227. The van der Waals surface area contributed by atoms with E-state index in [2.05, 4.69) is 11.9 Å². The van der Waals surface area contributed by atoms with E-state index in [1.54, 1.807) is 36.2 Å². The van der Waals surface area contributed by atoms with Crippen LogP contribution >= 0.6 is 23.4 Å². The highest BCUT2D eigenvalue weighted by atomic mass is 35.5. The van der Waals surface area contributed by atoms with E-state index >= 15 is 0 Å². The monoisotopic (exact) mass is 425 g/mol. The largest absolute Gasteiger partial charge is 0.308 e. The molecule has 2 aliphatic rings. The molecule has 0 radical (unpaired) electrons. The number of fused-ring (bicyclic) bond motifs is 1. The third kappa shape index (κ3) is 3.58. The van der Waals surface area contributed by atoms with Gasteiger partial charge in [0.25, 0.3) is 11.8 Å². The van der Waals surface area contributed by atoms with Gasteiger partial charge in [-0.05, 0) is 48.5 Å². The highest BCUT2D eigenvalue weighted by Gasteiger charge is 2.41. The lowest BCUT2D eigenvalue weighted by atomic mass is 10.1. The van der Waals surface area contributed by atoms with E-state index in [0.29, 0.717) is 32.9 Å². The van der Waals surface area contributed by atoms with E-state index in [-0.39, 0.29) is 11.8 Å². The summed E-state index contributed by atoms with van der Waals surface area (Å²) < 4.78 is 0. The number of carbonyl (C=O) groups is 2. The van der Waals surface area contributed by atoms with Crippen LogP contribution in [-0.4, -0.2) is 35.5 Å². The van der Waals surface area contributed by atoms with Crippen molar-refractivity contribution in [2.45, 2.75) is 19.8 Å². The summed E-state index contributed by atoms with van der Waals surface area (Å²) in [5.74, 6) is -0.324. The first-order valence-corrected chi connectivity index (χ1v) is 10.7. The molecule has 2 amide bonds. The van der Waals surface area contributed by atoms with Crippen LogP contribution in [0.4, 0.5) is 11.4 Å². The quantitative estimate of drug-likeness (QED) is 0.641. The molecule has 0 saturated carbocycles. The number of hydrogen-bond acceptors (Lipinski definition) is 4. The number of amidine groups is 1. The zero-order chi connectivity index (χ0) is 20.5. The normalized spacial score (nSPS) is 20.2. The minimum Gasteiger partial charge on any atom is -0.308 e. The number of carbonyl (C=O) groups excluding carboxylic acids is 2. The van der Waals surface area contributed by atoms with Crippen LogP contribution in [0.1, 0.15) is 25.3 Å². The average molecular weight is 426 g/mol. The number of aliphatic imine (C=N–C) groups is 1. The van der Waals surface area contributed by atoms with Crippen LogP contribution in [0.5, 0.6) is 0 Å². The fourth-order valence-corrected chi connectivity index (χ4v) is 4.57. The highest BCUT2D eigenvalue weighted by Crippen LogP contribution is 2.44. The third-order valence-corrected chi connectivity index (χ3v) is 6.30. The smallest absolute Gasteiger partial charge is 0.267 e. The number of para-hydroxylation sites is 1. The van der Waals surface area contributed by atoms with Gasteiger partial charge in [-0.3, -0.25) is 14.5 Å². The Morgan fingerprint density at radius 1 is 1.03 bits per heavy atom. The Morgan fingerprint density at radius 2 is 1.76 bits per heavy atom. The lowest BCUT2D eigenvalue weighted by molar-refractivity contribution is -0.121. The van der Waals surface area contributed by atoms with Crippen LogP contribution in [0.3, 0.4) is 0 Å². The molecule has 0 aliphatic carbocycles. The SMILES string of the molecule is CCCCN1C(=O)/C(=C2/SC(=Nc3ccc(Cl)cc3)N(C)C2=O)c2ccccc21. The lowest BCUT2D eigenvalue weighted by Crippen LogP contribution is -2.28. The summed E-state index contributed by atoms with van der Waals surface area (Å²) in [4.78, 5) is 34.5. The molecule has 7 heteroatoms. The van der Waals surface area contributed by atoms with E-state index in [1.807, 2.05) is 24.3 Å². The number of thioether (sulfide) groups is 1. The number of anilines is 1. The maximum atomic E-state index is 13.2. The van der Waals surface area contributed by atoms with Crippen molar-refractivity contribution in [2.24, 2.45) is 4.99 Å². The molecule has 5 nitrogen and oxygen atoms in total. The summed E-state index contributed by atoms with van der Waals surface area (Å²) in [5, 5.41) is 1.16.